The van der Waals surface area contributed by atoms with Gasteiger partial charge < -0.3 is 5.11 Å². The SMILES string of the molecule is CC(C)N(CC[C@H](c1ccccc1)c1cc(CI)ccc1O)C(C)C. The molecule has 0 bridgehead atoms. The van der Waals surface area contributed by atoms with Crippen LogP contribution in [0.25, 0.3) is 0 Å². The van der Waals surface area contributed by atoms with Crippen molar-refractivity contribution in [2.45, 2.75) is 56.5 Å². The van der Waals surface area contributed by atoms with E-state index in [1.165, 1.54) is 11.1 Å². The van der Waals surface area contributed by atoms with Crippen LogP contribution in [0, 0.1) is 0 Å². The number of hydrogen-bond donors (Lipinski definition) is 1. The van der Waals surface area contributed by atoms with Crippen LogP contribution in [0.2, 0.25) is 0 Å². The van der Waals surface area contributed by atoms with Crippen LogP contribution in [0.15, 0.2) is 48.5 Å². The Kier molecular flexibility index (Phi) is 7.76. The highest BCUT2D eigenvalue weighted by Crippen LogP contribution is 2.35. The van der Waals surface area contributed by atoms with E-state index >= 15 is 0 Å². The first kappa shape index (κ1) is 20.2. The van der Waals surface area contributed by atoms with Crippen molar-refractivity contribution in [2.24, 2.45) is 0 Å². The summed E-state index contributed by atoms with van der Waals surface area (Å²) >= 11 is 2.38. The maximum absolute atomic E-state index is 10.5. The second kappa shape index (κ2) is 9.58. The average molecular weight is 451 g/mol. The van der Waals surface area contributed by atoms with E-state index in [4.69, 9.17) is 0 Å². The normalized spacial score (nSPS) is 13.0. The molecule has 0 aliphatic heterocycles. The van der Waals surface area contributed by atoms with Crippen molar-refractivity contribution in [3.8, 4) is 5.75 Å². The molecule has 0 aromatic heterocycles. The average Bonchev–Trinajstić information content (AvgIpc) is 2.59. The molecular weight excluding hydrogens is 421 g/mol. The van der Waals surface area contributed by atoms with Crippen molar-refractivity contribution in [3.05, 3.63) is 65.2 Å². The van der Waals surface area contributed by atoms with Crippen molar-refractivity contribution in [1.29, 1.82) is 0 Å². The monoisotopic (exact) mass is 451 g/mol. The lowest BCUT2D eigenvalue weighted by molar-refractivity contribution is 0.170. The number of alkyl halides is 1. The lowest BCUT2D eigenvalue weighted by Gasteiger charge is -2.32. The second-order valence-corrected chi connectivity index (χ2v) is 7.97. The fourth-order valence-electron chi connectivity index (χ4n) is 3.54. The molecule has 2 aromatic rings. The second-order valence-electron chi connectivity index (χ2n) is 7.20. The lowest BCUT2D eigenvalue weighted by atomic mass is 9.87. The lowest BCUT2D eigenvalue weighted by Crippen LogP contribution is -2.38. The largest absolute Gasteiger partial charge is 0.508 e. The Morgan fingerprint density at radius 2 is 1.60 bits per heavy atom. The number of halogens is 1. The third kappa shape index (κ3) is 5.45. The van der Waals surface area contributed by atoms with Gasteiger partial charge in [-0.3, -0.25) is 4.90 Å². The zero-order chi connectivity index (χ0) is 18.4. The molecule has 2 rings (SSSR count). The Morgan fingerprint density at radius 3 is 2.16 bits per heavy atom. The van der Waals surface area contributed by atoms with Gasteiger partial charge in [-0.1, -0.05) is 65.1 Å². The molecule has 0 saturated carbocycles. The molecular formula is C22H30INO. The molecule has 2 nitrogen and oxygen atoms in total. The molecule has 1 atom stereocenters. The van der Waals surface area contributed by atoms with E-state index in [1.54, 1.807) is 0 Å². The van der Waals surface area contributed by atoms with E-state index in [1.807, 2.05) is 12.1 Å². The first-order chi connectivity index (χ1) is 11.9. The van der Waals surface area contributed by atoms with Gasteiger partial charge in [-0.2, -0.15) is 0 Å². The van der Waals surface area contributed by atoms with Gasteiger partial charge >= 0.3 is 0 Å². The third-order valence-corrected chi connectivity index (χ3v) is 5.71. The Bertz CT molecular complexity index is 646. The van der Waals surface area contributed by atoms with Crippen LogP contribution < -0.4 is 0 Å². The summed E-state index contributed by atoms with van der Waals surface area (Å²) in [4.78, 5) is 2.52. The highest BCUT2D eigenvalue weighted by atomic mass is 127. The first-order valence-corrected chi connectivity index (χ1v) is 10.6. The highest BCUT2D eigenvalue weighted by Gasteiger charge is 2.21. The summed E-state index contributed by atoms with van der Waals surface area (Å²) in [6.45, 7) is 10.0. The zero-order valence-corrected chi connectivity index (χ0v) is 17.9. The van der Waals surface area contributed by atoms with Crippen molar-refractivity contribution in [1.82, 2.24) is 4.90 Å². The minimum absolute atomic E-state index is 0.212. The van der Waals surface area contributed by atoms with Gasteiger partial charge in [0.25, 0.3) is 0 Å². The molecule has 0 amide bonds. The smallest absolute Gasteiger partial charge is 0.119 e. The Morgan fingerprint density at radius 1 is 0.960 bits per heavy atom. The predicted molar refractivity (Wildman–Crippen MR) is 116 cm³/mol. The molecule has 0 unspecified atom stereocenters. The molecule has 0 heterocycles. The molecule has 0 fully saturated rings. The number of aromatic hydroxyl groups is 1. The topological polar surface area (TPSA) is 23.5 Å². The number of nitrogens with zero attached hydrogens (tertiary/aromatic N) is 1. The third-order valence-electron chi connectivity index (χ3n) is 4.83. The van der Waals surface area contributed by atoms with Gasteiger partial charge in [-0.15, -0.1) is 0 Å². The van der Waals surface area contributed by atoms with Crippen LogP contribution in [-0.2, 0) is 4.43 Å². The van der Waals surface area contributed by atoms with E-state index in [-0.39, 0.29) is 5.92 Å². The summed E-state index contributed by atoms with van der Waals surface area (Å²) in [7, 11) is 0. The van der Waals surface area contributed by atoms with Gasteiger partial charge in [0.2, 0.25) is 0 Å². The Hall–Kier alpha value is -1.07. The number of phenols is 1. The molecule has 3 heteroatoms. The van der Waals surface area contributed by atoms with Gasteiger partial charge in [-0.25, -0.2) is 0 Å². The fourth-order valence-corrected chi connectivity index (χ4v) is 4.02. The summed E-state index contributed by atoms with van der Waals surface area (Å²) in [5.74, 6) is 0.618. The van der Waals surface area contributed by atoms with E-state index in [0.717, 1.165) is 23.0 Å². The van der Waals surface area contributed by atoms with Crippen molar-refractivity contribution >= 4 is 22.6 Å². The van der Waals surface area contributed by atoms with Crippen molar-refractivity contribution in [3.63, 3.8) is 0 Å². The van der Waals surface area contributed by atoms with E-state index < -0.39 is 0 Å². The van der Waals surface area contributed by atoms with E-state index in [0.29, 0.717) is 17.8 Å². The molecule has 1 N–H and O–H groups in total. The zero-order valence-electron chi connectivity index (χ0n) is 15.7. The van der Waals surface area contributed by atoms with Crippen LogP contribution in [0.4, 0.5) is 0 Å². The van der Waals surface area contributed by atoms with Crippen LogP contribution >= 0.6 is 22.6 Å². The molecule has 0 aliphatic rings. The quantitative estimate of drug-likeness (QED) is 0.395. The summed E-state index contributed by atoms with van der Waals surface area (Å²) in [5.41, 5.74) is 3.59. The van der Waals surface area contributed by atoms with Gasteiger partial charge in [0.1, 0.15) is 5.75 Å². The summed E-state index contributed by atoms with van der Waals surface area (Å²) in [6.07, 6.45) is 0.999. The Labute approximate surface area is 166 Å². The van der Waals surface area contributed by atoms with Crippen LogP contribution in [0.3, 0.4) is 0 Å². The molecule has 0 aliphatic carbocycles. The van der Waals surface area contributed by atoms with Crippen molar-refractivity contribution in [2.75, 3.05) is 6.54 Å². The van der Waals surface area contributed by atoms with Crippen LogP contribution in [0.5, 0.6) is 5.75 Å². The summed E-state index contributed by atoms with van der Waals surface area (Å²) in [5, 5.41) is 10.5. The maximum Gasteiger partial charge on any atom is 0.119 e. The molecule has 136 valence electrons. The summed E-state index contributed by atoms with van der Waals surface area (Å²) < 4.78 is 0.955. The molecule has 25 heavy (non-hydrogen) atoms. The number of phenolic OH excluding ortho intramolecular Hbond substituents is 1. The minimum atomic E-state index is 0.212. The number of hydrogen-bond acceptors (Lipinski definition) is 2. The van der Waals surface area contributed by atoms with E-state index in [9.17, 15) is 5.11 Å². The van der Waals surface area contributed by atoms with Crippen LogP contribution in [-0.4, -0.2) is 28.6 Å². The van der Waals surface area contributed by atoms with Gasteiger partial charge in [0.05, 0.1) is 0 Å². The number of benzene rings is 2. The summed E-state index contributed by atoms with van der Waals surface area (Å²) in [6, 6.07) is 17.7. The molecule has 0 spiro atoms. The fraction of sp³-hybridized carbons (Fsp3) is 0.455. The standard InChI is InChI=1S/C22H30INO/c1-16(2)24(17(3)4)13-12-20(19-8-6-5-7-9-19)21-14-18(15-23)10-11-22(21)25/h5-11,14,16-17,20,25H,12-13,15H2,1-4H3/t20-/m1/s1. The first-order valence-electron chi connectivity index (χ1n) is 9.12. The van der Waals surface area contributed by atoms with Gasteiger partial charge in [0.15, 0.2) is 0 Å². The van der Waals surface area contributed by atoms with Crippen molar-refractivity contribution < 1.29 is 5.11 Å². The van der Waals surface area contributed by atoms with Crippen LogP contribution in [0.1, 0.15) is 56.7 Å². The molecule has 2 aromatic carbocycles. The Balaban J connectivity index is 2.35. The van der Waals surface area contributed by atoms with E-state index in [2.05, 4.69) is 91.6 Å². The highest BCUT2D eigenvalue weighted by molar-refractivity contribution is 14.1. The number of rotatable bonds is 8. The van der Waals surface area contributed by atoms with Gasteiger partial charge in [-0.05, 0) is 57.9 Å². The maximum atomic E-state index is 10.5. The minimum Gasteiger partial charge on any atom is -0.508 e. The predicted octanol–water partition coefficient (Wildman–Crippen LogP) is 5.97. The molecule has 0 radical (unpaired) electrons. The van der Waals surface area contributed by atoms with Gasteiger partial charge in [0, 0.05) is 28.0 Å². The molecule has 0 saturated heterocycles.